The lowest BCUT2D eigenvalue weighted by Gasteiger charge is -2.18. The highest BCUT2D eigenvalue weighted by Crippen LogP contribution is 2.16. The SMILES string of the molecule is CC/C=C\C/C=C\C/C=C\C/C=C\CCCCCCCCCCCCC(=O)OCC(COC(=O)CCCCCCCCC/C=C\CCCCCCCC)OC(=O)CCCCCCCC/C=C\C/C=C\C/C=C\CCCCC. The molecule has 0 aromatic heterocycles. The summed E-state index contributed by atoms with van der Waals surface area (Å²) in [6, 6.07) is 0. The zero-order chi connectivity index (χ0) is 55.7. The van der Waals surface area contributed by atoms with Crippen molar-refractivity contribution in [2.75, 3.05) is 13.2 Å². The number of allylic oxidation sites excluding steroid dienone is 16. The van der Waals surface area contributed by atoms with Gasteiger partial charge in [0.15, 0.2) is 6.10 Å². The summed E-state index contributed by atoms with van der Waals surface area (Å²) in [5.74, 6) is -0.895. The molecule has 0 aliphatic rings. The quantitative estimate of drug-likeness (QED) is 0.0261. The fourth-order valence-corrected chi connectivity index (χ4v) is 9.14. The van der Waals surface area contributed by atoms with Gasteiger partial charge in [0, 0.05) is 19.3 Å². The van der Waals surface area contributed by atoms with E-state index in [1.165, 1.54) is 167 Å². The van der Waals surface area contributed by atoms with Gasteiger partial charge in [-0.1, -0.05) is 272 Å². The number of carbonyl (C=O) groups is 3. The predicted octanol–water partition coefficient (Wildman–Crippen LogP) is 22.4. The van der Waals surface area contributed by atoms with Crippen LogP contribution in [-0.2, 0) is 28.6 Å². The fourth-order valence-electron chi connectivity index (χ4n) is 9.14. The number of unbranched alkanes of at least 4 members (excludes halogenated alkanes) is 32. The van der Waals surface area contributed by atoms with Crippen molar-refractivity contribution in [3.05, 3.63) is 97.2 Å². The summed E-state index contributed by atoms with van der Waals surface area (Å²) >= 11 is 0. The zero-order valence-corrected chi connectivity index (χ0v) is 50.7. The summed E-state index contributed by atoms with van der Waals surface area (Å²) < 4.78 is 16.9. The lowest BCUT2D eigenvalue weighted by molar-refractivity contribution is -0.167. The van der Waals surface area contributed by atoms with Gasteiger partial charge in [0.1, 0.15) is 13.2 Å². The molecule has 0 aromatic rings. The second-order valence-electron chi connectivity index (χ2n) is 21.6. The van der Waals surface area contributed by atoms with Crippen LogP contribution in [0.3, 0.4) is 0 Å². The van der Waals surface area contributed by atoms with Gasteiger partial charge in [-0.15, -0.1) is 0 Å². The van der Waals surface area contributed by atoms with Crippen LogP contribution in [0.5, 0.6) is 0 Å². The molecule has 0 N–H and O–H groups in total. The summed E-state index contributed by atoms with van der Waals surface area (Å²) in [4.78, 5) is 38.4. The van der Waals surface area contributed by atoms with Gasteiger partial charge in [-0.3, -0.25) is 14.4 Å². The van der Waals surface area contributed by atoms with Crippen molar-refractivity contribution in [3.63, 3.8) is 0 Å². The van der Waals surface area contributed by atoms with Crippen molar-refractivity contribution in [2.24, 2.45) is 0 Å². The van der Waals surface area contributed by atoms with Crippen LogP contribution >= 0.6 is 0 Å². The summed E-state index contributed by atoms with van der Waals surface area (Å²) in [7, 11) is 0. The van der Waals surface area contributed by atoms with Gasteiger partial charge in [-0.2, -0.15) is 0 Å². The summed E-state index contributed by atoms with van der Waals surface area (Å²) in [5, 5.41) is 0. The number of hydrogen-bond acceptors (Lipinski definition) is 6. The van der Waals surface area contributed by atoms with Crippen molar-refractivity contribution in [1.82, 2.24) is 0 Å². The molecule has 0 aliphatic heterocycles. The zero-order valence-electron chi connectivity index (χ0n) is 50.7. The maximum atomic E-state index is 12.9. The van der Waals surface area contributed by atoms with E-state index in [4.69, 9.17) is 14.2 Å². The van der Waals surface area contributed by atoms with E-state index in [2.05, 4.69) is 118 Å². The number of carbonyl (C=O) groups excluding carboxylic acids is 3. The van der Waals surface area contributed by atoms with Crippen LogP contribution in [-0.4, -0.2) is 37.2 Å². The highest BCUT2D eigenvalue weighted by atomic mass is 16.6. The molecule has 0 aliphatic carbocycles. The van der Waals surface area contributed by atoms with E-state index >= 15 is 0 Å². The van der Waals surface area contributed by atoms with Crippen molar-refractivity contribution >= 4 is 17.9 Å². The number of hydrogen-bond donors (Lipinski definition) is 0. The van der Waals surface area contributed by atoms with E-state index in [0.717, 1.165) is 109 Å². The van der Waals surface area contributed by atoms with Crippen LogP contribution in [0.15, 0.2) is 97.2 Å². The largest absolute Gasteiger partial charge is 0.462 e. The monoisotopic (exact) mass is 1070 g/mol. The molecular weight excluding hydrogens is 949 g/mol. The van der Waals surface area contributed by atoms with Gasteiger partial charge in [0.05, 0.1) is 0 Å². The molecule has 0 saturated heterocycles. The third-order valence-corrected chi connectivity index (χ3v) is 14.0. The van der Waals surface area contributed by atoms with Crippen LogP contribution in [0.1, 0.15) is 316 Å². The molecule has 0 radical (unpaired) electrons. The Balaban J connectivity index is 4.40. The topological polar surface area (TPSA) is 78.9 Å². The third kappa shape index (κ3) is 63.0. The Morgan fingerprint density at radius 1 is 0.273 bits per heavy atom. The van der Waals surface area contributed by atoms with Crippen molar-refractivity contribution in [2.45, 2.75) is 322 Å². The van der Waals surface area contributed by atoms with Gasteiger partial charge in [-0.05, 0) is 122 Å². The first-order valence-electron chi connectivity index (χ1n) is 32.7. The van der Waals surface area contributed by atoms with E-state index in [-0.39, 0.29) is 31.1 Å². The van der Waals surface area contributed by atoms with Gasteiger partial charge >= 0.3 is 17.9 Å². The van der Waals surface area contributed by atoms with Crippen LogP contribution in [0.2, 0.25) is 0 Å². The van der Waals surface area contributed by atoms with Crippen LogP contribution in [0.25, 0.3) is 0 Å². The molecule has 0 rings (SSSR count). The van der Waals surface area contributed by atoms with Crippen molar-refractivity contribution in [1.29, 1.82) is 0 Å². The van der Waals surface area contributed by atoms with Crippen molar-refractivity contribution < 1.29 is 28.6 Å². The maximum Gasteiger partial charge on any atom is 0.306 e. The number of esters is 3. The Bertz CT molecular complexity index is 1510. The van der Waals surface area contributed by atoms with Crippen LogP contribution in [0, 0.1) is 0 Å². The Morgan fingerprint density at radius 3 is 0.831 bits per heavy atom. The normalized spacial score (nSPS) is 12.7. The summed E-state index contributed by atoms with van der Waals surface area (Å²) in [6.45, 7) is 6.51. The molecule has 1 atom stereocenters. The average Bonchev–Trinajstić information content (AvgIpc) is 3.43. The van der Waals surface area contributed by atoms with E-state index in [1.807, 2.05) is 0 Å². The number of rotatable bonds is 59. The third-order valence-electron chi connectivity index (χ3n) is 14.0. The smallest absolute Gasteiger partial charge is 0.306 e. The molecule has 442 valence electrons. The lowest BCUT2D eigenvalue weighted by atomic mass is 10.1. The Hall–Kier alpha value is -3.67. The number of ether oxygens (including phenoxy) is 3. The average molecular weight is 1070 g/mol. The summed E-state index contributed by atoms with van der Waals surface area (Å²) in [6.07, 6.45) is 86.9. The minimum Gasteiger partial charge on any atom is -0.462 e. The van der Waals surface area contributed by atoms with Crippen LogP contribution in [0.4, 0.5) is 0 Å². The highest BCUT2D eigenvalue weighted by molar-refractivity contribution is 5.71. The molecule has 0 fully saturated rings. The molecule has 0 bridgehead atoms. The Kier molecular flexibility index (Phi) is 61.8. The van der Waals surface area contributed by atoms with E-state index in [1.54, 1.807) is 0 Å². The van der Waals surface area contributed by atoms with E-state index in [9.17, 15) is 14.4 Å². The molecule has 6 heteroatoms. The van der Waals surface area contributed by atoms with Gasteiger partial charge < -0.3 is 14.2 Å². The first-order valence-corrected chi connectivity index (χ1v) is 32.7. The minimum atomic E-state index is -0.790. The molecular formula is C71H122O6. The van der Waals surface area contributed by atoms with Gasteiger partial charge in [-0.25, -0.2) is 0 Å². The predicted molar refractivity (Wildman–Crippen MR) is 334 cm³/mol. The first-order chi connectivity index (χ1) is 38.0. The molecule has 0 spiro atoms. The van der Waals surface area contributed by atoms with Gasteiger partial charge in [0.2, 0.25) is 0 Å². The molecule has 0 aromatic carbocycles. The highest BCUT2D eigenvalue weighted by Gasteiger charge is 2.19. The molecule has 0 saturated carbocycles. The fraction of sp³-hybridized carbons (Fsp3) is 0.732. The minimum absolute atomic E-state index is 0.0855. The second kappa shape index (κ2) is 64.9. The Morgan fingerprint density at radius 2 is 0.506 bits per heavy atom. The van der Waals surface area contributed by atoms with Gasteiger partial charge in [0.25, 0.3) is 0 Å². The molecule has 77 heavy (non-hydrogen) atoms. The molecule has 0 amide bonds. The molecule has 6 nitrogen and oxygen atoms in total. The van der Waals surface area contributed by atoms with Crippen LogP contribution < -0.4 is 0 Å². The Labute approximate surface area is 477 Å². The van der Waals surface area contributed by atoms with E-state index < -0.39 is 6.10 Å². The first kappa shape index (κ1) is 73.3. The molecule has 0 heterocycles. The maximum absolute atomic E-state index is 12.9. The second-order valence-corrected chi connectivity index (χ2v) is 21.6. The summed E-state index contributed by atoms with van der Waals surface area (Å²) in [5.41, 5.74) is 0. The van der Waals surface area contributed by atoms with E-state index in [0.29, 0.717) is 19.3 Å². The lowest BCUT2D eigenvalue weighted by Crippen LogP contribution is -2.30. The van der Waals surface area contributed by atoms with Crippen molar-refractivity contribution in [3.8, 4) is 0 Å². The standard InChI is InChI=1S/C71H122O6/c1-4-7-10-13-16-19-22-25-28-31-33-34-35-36-38-40-43-46-49-52-55-58-61-64-70(73)76-67-68(66-75-69(72)63-60-57-54-51-48-45-42-39-30-27-24-21-18-15-12-9-6-3)77-71(74)65-62-59-56-53-50-47-44-41-37-32-29-26-23-20-17-14-11-8-5-2/h7,10,16-17,19-20,25-30,33-34,37,41,68H,4-6,8-9,11-15,18,21-24,31-32,35-36,38-40,42-67H2,1-3H3/b10-7-,19-16-,20-17-,28-25-,29-26-,30-27-,34-33-,41-37-. The molecule has 1 unspecified atom stereocenters.